The summed E-state index contributed by atoms with van der Waals surface area (Å²) in [5.74, 6) is 0.359. The Morgan fingerprint density at radius 1 is 1.03 bits per heavy atom. The molecule has 0 fully saturated rings. The van der Waals surface area contributed by atoms with E-state index in [0.717, 1.165) is 22.2 Å². The second-order valence-electron chi connectivity index (χ2n) is 6.92. The minimum absolute atomic E-state index is 0.359. The van der Waals surface area contributed by atoms with Crippen molar-refractivity contribution in [3.63, 3.8) is 0 Å². The van der Waals surface area contributed by atoms with Crippen LogP contribution in [0.2, 0.25) is 0 Å². The van der Waals surface area contributed by atoms with E-state index in [2.05, 4.69) is 26.0 Å². The summed E-state index contributed by atoms with van der Waals surface area (Å²) >= 11 is 0. The van der Waals surface area contributed by atoms with Crippen molar-refractivity contribution >= 4 is 16.7 Å². The van der Waals surface area contributed by atoms with Crippen LogP contribution in [0.3, 0.4) is 0 Å². The van der Waals surface area contributed by atoms with Crippen molar-refractivity contribution in [2.24, 2.45) is 0 Å². The van der Waals surface area contributed by atoms with Gasteiger partial charge in [0.1, 0.15) is 17.7 Å². The molecule has 148 valence electrons. The van der Waals surface area contributed by atoms with Crippen LogP contribution in [-0.2, 0) is 6.54 Å². The number of rotatable bonds is 4. The third-order valence-corrected chi connectivity index (χ3v) is 4.90. The van der Waals surface area contributed by atoms with Gasteiger partial charge in [-0.15, -0.1) is 0 Å². The number of hydrogen-bond donors (Lipinski definition) is 1. The van der Waals surface area contributed by atoms with Crippen LogP contribution in [0.5, 0.6) is 0 Å². The van der Waals surface area contributed by atoms with Crippen LogP contribution in [0.15, 0.2) is 73.4 Å². The Morgan fingerprint density at radius 2 is 1.97 bits per heavy atom. The minimum atomic E-state index is 0.359. The molecule has 0 aliphatic carbocycles. The second-order valence-corrected chi connectivity index (χ2v) is 6.92. The predicted octanol–water partition coefficient (Wildman–Crippen LogP) is 3.45. The Morgan fingerprint density at radius 3 is 2.74 bits per heavy atom. The summed E-state index contributed by atoms with van der Waals surface area (Å²) in [6, 6.07) is 17.0. The fraction of sp³-hybridized carbons (Fsp3) is 0.0435. The van der Waals surface area contributed by atoms with Gasteiger partial charge in [-0.1, -0.05) is 18.2 Å². The smallest absolute Gasteiger partial charge is 0.135 e. The van der Waals surface area contributed by atoms with Gasteiger partial charge in [-0.05, 0) is 30.3 Å². The van der Waals surface area contributed by atoms with Gasteiger partial charge in [0.15, 0.2) is 0 Å². The summed E-state index contributed by atoms with van der Waals surface area (Å²) in [5, 5.41) is 14.9. The number of fused-ring (bicyclic) bond motifs is 1. The lowest BCUT2D eigenvalue weighted by atomic mass is 9.99. The number of nitrogens with two attached hydrogens (primary N) is 1. The third-order valence-electron chi connectivity index (χ3n) is 4.90. The predicted molar refractivity (Wildman–Crippen MR) is 116 cm³/mol. The molecule has 0 unspecified atom stereocenters. The largest absolute Gasteiger partial charge is 0.383 e. The second kappa shape index (κ2) is 7.65. The van der Waals surface area contributed by atoms with E-state index in [0.29, 0.717) is 34.8 Å². The molecular weight excluding hydrogens is 388 g/mol. The highest BCUT2D eigenvalue weighted by Gasteiger charge is 2.20. The maximum Gasteiger partial charge on any atom is 0.135 e. The molecule has 2 N–H and O–H groups in total. The zero-order valence-corrected chi connectivity index (χ0v) is 16.3. The number of hydrogen-bond acceptors (Lipinski definition) is 7. The van der Waals surface area contributed by atoms with E-state index in [1.165, 1.54) is 6.33 Å². The zero-order valence-electron chi connectivity index (χ0n) is 16.3. The lowest BCUT2D eigenvalue weighted by Crippen LogP contribution is -2.02. The molecule has 1 aromatic carbocycles. The van der Waals surface area contributed by atoms with Gasteiger partial charge in [-0.2, -0.15) is 10.4 Å². The van der Waals surface area contributed by atoms with Crippen LogP contribution < -0.4 is 5.73 Å². The van der Waals surface area contributed by atoms with Gasteiger partial charge in [-0.25, -0.2) is 15.0 Å². The van der Waals surface area contributed by atoms with Crippen molar-refractivity contribution in [1.29, 1.82) is 5.26 Å². The summed E-state index contributed by atoms with van der Waals surface area (Å²) in [6.07, 6.45) is 6.77. The summed E-state index contributed by atoms with van der Waals surface area (Å²) in [6.45, 7) is 0.497. The Hall–Kier alpha value is -4.64. The van der Waals surface area contributed by atoms with E-state index in [1.54, 1.807) is 29.2 Å². The van der Waals surface area contributed by atoms with E-state index in [9.17, 15) is 5.26 Å². The van der Waals surface area contributed by atoms with Crippen LogP contribution >= 0.6 is 0 Å². The average molecular weight is 404 g/mol. The summed E-state index contributed by atoms with van der Waals surface area (Å²) in [5.41, 5.74) is 11.2. The molecule has 0 aliphatic heterocycles. The Kier molecular flexibility index (Phi) is 4.54. The number of nitriles is 1. The number of anilines is 1. The van der Waals surface area contributed by atoms with Crippen LogP contribution in [0, 0.1) is 11.3 Å². The summed E-state index contributed by atoms with van der Waals surface area (Å²) in [7, 11) is 0. The molecule has 0 atom stereocenters. The molecule has 5 aromatic rings. The number of benzene rings is 1. The van der Waals surface area contributed by atoms with Crippen molar-refractivity contribution in [3.8, 4) is 28.6 Å². The highest BCUT2D eigenvalue weighted by molar-refractivity contribution is 6.03. The SMILES string of the molecule is N#Cc1cccc(-c2nc(N)c3cn(Cc4ccccn4)nc3c2-c2ccncn2)c1. The van der Waals surface area contributed by atoms with E-state index < -0.39 is 0 Å². The van der Waals surface area contributed by atoms with Crippen molar-refractivity contribution in [2.75, 3.05) is 5.73 Å². The van der Waals surface area contributed by atoms with Gasteiger partial charge in [0.25, 0.3) is 0 Å². The first-order valence-electron chi connectivity index (χ1n) is 9.56. The standard InChI is InChI=1S/C23H16N8/c24-11-15-4-3-5-16(10-15)21-20(19-7-9-26-14-28-19)22-18(23(25)29-21)13-31(30-22)12-17-6-1-2-8-27-17/h1-10,13-14H,12H2,(H2,25,29). The quantitative estimate of drug-likeness (QED) is 0.487. The maximum absolute atomic E-state index is 9.33. The van der Waals surface area contributed by atoms with Crippen LogP contribution in [0.4, 0.5) is 5.82 Å². The molecule has 0 amide bonds. The van der Waals surface area contributed by atoms with Gasteiger partial charge < -0.3 is 5.73 Å². The molecule has 0 bridgehead atoms. The molecular formula is C23H16N8. The average Bonchev–Trinajstić information content (AvgIpc) is 3.24. The number of nitrogens with zero attached hydrogens (tertiary/aromatic N) is 7. The number of pyridine rings is 2. The Bertz CT molecular complexity index is 1420. The lowest BCUT2D eigenvalue weighted by molar-refractivity contribution is 0.681. The van der Waals surface area contributed by atoms with Crippen molar-refractivity contribution in [3.05, 3.63) is 84.7 Å². The minimum Gasteiger partial charge on any atom is -0.383 e. The summed E-state index contributed by atoms with van der Waals surface area (Å²) < 4.78 is 1.80. The van der Waals surface area contributed by atoms with E-state index in [1.807, 2.05) is 42.6 Å². The van der Waals surface area contributed by atoms with Gasteiger partial charge in [0, 0.05) is 24.2 Å². The third kappa shape index (κ3) is 3.45. The molecule has 8 nitrogen and oxygen atoms in total. The molecule has 0 spiro atoms. The van der Waals surface area contributed by atoms with Gasteiger partial charge in [0.05, 0.1) is 46.2 Å². The van der Waals surface area contributed by atoms with Crippen molar-refractivity contribution in [2.45, 2.75) is 6.54 Å². The molecule has 0 saturated heterocycles. The first kappa shape index (κ1) is 18.4. The Labute approximate surface area is 177 Å². The first-order valence-corrected chi connectivity index (χ1v) is 9.56. The van der Waals surface area contributed by atoms with Crippen molar-refractivity contribution in [1.82, 2.24) is 29.7 Å². The normalized spacial score (nSPS) is 10.8. The van der Waals surface area contributed by atoms with Gasteiger partial charge in [-0.3, -0.25) is 9.67 Å². The fourth-order valence-electron chi connectivity index (χ4n) is 3.51. The highest BCUT2D eigenvalue weighted by Crippen LogP contribution is 2.37. The maximum atomic E-state index is 9.33. The molecule has 5 rings (SSSR count). The fourth-order valence-corrected chi connectivity index (χ4v) is 3.51. The molecule has 4 aromatic heterocycles. The van der Waals surface area contributed by atoms with Gasteiger partial charge in [0.2, 0.25) is 0 Å². The van der Waals surface area contributed by atoms with Gasteiger partial charge >= 0.3 is 0 Å². The van der Waals surface area contributed by atoms with E-state index >= 15 is 0 Å². The summed E-state index contributed by atoms with van der Waals surface area (Å²) in [4.78, 5) is 17.5. The van der Waals surface area contributed by atoms with E-state index in [4.69, 9.17) is 10.8 Å². The molecule has 31 heavy (non-hydrogen) atoms. The van der Waals surface area contributed by atoms with Crippen molar-refractivity contribution < 1.29 is 0 Å². The molecule has 4 heterocycles. The number of nitrogen functional groups attached to an aromatic ring is 1. The molecule has 8 heteroatoms. The molecule has 0 radical (unpaired) electrons. The molecule has 0 saturated carbocycles. The highest BCUT2D eigenvalue weighted by atomic mass is 15.3. The Balaban J connectivity index is 1.76. The first-order chi connectivity index (χ1) is 15.2. The molecule has 0 aliphatic rings. The van der Waals surface area contributed by atoms with E-state index in [-0.39, 0.29) is 0 Å². The number of aromatic nitrogens is 6. The van der Waals surface area contributed by atoms with Crippen LogP contribution in [0.1, 0.15) is 11.3 Å². The van der Waals surface area contributed by atoms with Crippen LogP contribution in [0.25, 0.3) is 33.4 Å². The zero-order chi connectivity index (χ0) is 21.2. The topological polar surface area (TPSA) is 119 Å². The monoisotopic (exact) mass is 404 g/mol. The van der Waals surface area contributed by atoms with Crippen LogP contribution in [-0.4, -0.2) is 29.7 Å². The lowest BCUT2D eigenvalue weighted by Gasteiger charge is -2.11.